The predicted octanol–water partition coefficient (Wildman–Crippen LogP) is 0.895. The average Bonchev–Trinajstić information content (AvgIpc) is 2.60. The van der Waals surface area contributed by atoms with Crippen molar-refractivity contribution in [1.29, 1.82) is 0 Å². The van der Waals surface area contributed by atoms with Gasteiger partial charge in [0.05, 0.1) is 6.61 Å². The number of hydrogen-bond donors (Lipinski definition) is 1. The van der Waals surface area contributed by atoms with E-state index in [1.54, 1.807) is 17.9 Å². The third-order valence-corrected chi connectivity index (χ3v) is 3.55. The molecule has 1 N–H and O–H groups in total. The second kappa shape index (κ2) is 8.30. The number of piperazine rings is 1. The number of hydrogen-bond acceptors (Lipinski definition) is 6. The summed E-state index contributed by atoms with van der Waals surface area (Å²) in [6.07, 6.45) is 1.99. The fourth-order valence-electron chi connectivity index (χ4n) is 2.31. The average molecular weight is 321 g/mol. The number of ether oxygens (including phenoxy) is 1. The van der Waals surface area contributed by atoms with E-state index in [2.05, 4.69) is 15.3 Å². The Balaban J connectivity index is 1.95. The van der Waals surface area contributed by atoms with Gasteiger partial charge in [-0.3, -0.25) is 4.79 Å². The van der Waals surface area contributed by atoms with Crippen molar-refractivity contribution in [2.75, 3.05) is 44.2 Å². The predicted molar refractivity (Wildman–Crippen MR) is 85.5 cm³/mol. The molecule has 126 valence electrons. The summed E-state index contributed by atoms with van der Waals surface area (Å²) < 4.78 is 5.00. The van der Waals surface area contributed by atoms with E-state index < -0.39 is 0 Å². The molecule has 0 aromatic carbocycles. The lowest BCUT2D eigenvalue weighted by molar-refractivity contribution is 0.0948. The molecule has 1 aliphatic rings. The maximum absolute atomic E-state index is 12.0. The van der Waals surface area contributed by atoms with Crippen molar-refractivity contribution in [3.63, 3.8) is 0 Å². The summed E-state index contributed by atoms with van der Waals surface area (Å²) in [5.41, 5.74) is 0.358. The highest BCUT2D eigenvalue weighted by molar-refractivity contribution is 5.92. The molecule has 0 spiro atoms. The third kappa shape index (κ3) is 4.54. The Kier molecular flexibility index (Phi) is 6.13. The molecule has 0 radical (unpaired) electrons. The molecule has 2 heterocycles. The molecule has 0 unspecified atom stereocenters. The van der Waals surface area contributed by atoms with Crippen molar-refractivity contribution in [1.82, 2.24) is 20.2 Å². The molecule has 2 amide bonds. The highest BCUT2D eigenvalue weighted by atomic mass is 16.6. The first-order chi connectivity index (χ1) is 11.2. The quantitative estimate of drug-likeness (QED) is 0.867. The molecule has 8 heteroatoms. The van der Waals surface area contributed by atoms with Gasteiger partial charge < -0.3 is 19.9 Å². The zero-order valence-electron chi connectivity index (χ0n) is 13.6. The maximum atomic E-state index is 12.0. The number of nitrogens with one attached hydrogen (secondary N) is 1. The first-order valence-corrected chi connectivity index (χ1v) is 7.92. The van der Waals surface area contributed by atoms with Crippen LogP contribution in [0.15, 0.2) is 12.4 Å². The van der Waals surface area contributed by atoms with Crippen LogP contribution >= 0.6 is 0 Å². The summed E-state index contributed by atoms with van der Waals surface area (Å²) in [4.78, 5) is 35.6. The highest BCUT2D eigenvalue weighted by Crippen LogP contribution is 2.14. The van der Waals surface area contributed by atoms with Crippen LogP contribution in [-0.4, -0.2) is 66.2 Å². The van der Waals surface area contributed by atoms with Crippen molar-refractivity contribution < 1.29 is 14.3 Å². The van der Waals surface area contributed by atoms with Gasteiger partial charge in [-0.1, -0.05) is 6.92 Å². The number of rotatable bonds is 5. The van der Waals surface area contributed by atoms with E-state index in [1.807, 2.05) is 11.8 Å². The third-order valence-electron chi connectivity index (χ3n) is 3.55. The highest BCUT2D eigenvalue weighted by Gasteiger charge is 2.23. The smallest absolute Gasteiger partial charge is 0.409 e. The van der Waals surface area contributed by atoms with Gasteiger partial charge in [0.25, 0.3) is 5.91 Å². The topological polar surface area (TPSA) is 87.7 Å². The second-order valence-electron chi connectivity index (χ2n) is 5.19. The van der Waals surface area contributed by atoms with E-state index in [0.717, 1.165) is 6.42 Å². The summed E-state index contributed by atoms with van der Waals surface area (Å²) in [5, 5.41) is 2.80. The first kappa shape index (κ1) is 17.0. The minimum absolute atomic E-state index is 0.194. The normalized spacial score (nSPS) is 14.5. The van der Waals surface area contributed by atoms with Crippen LogP contribution in [0.25, 0.3) is 0 Å². The van der Waals surface area contributed by atoms with Gasteiger partial charge >= 0.3 is 6.09 Å². The molecule has 0 saturated carbocycles. The van der Waals surface area contributed by atoms with Crippen LogP contribution in [0.2, 0.25) is 0 Å². The van der Waals surface area contributed by atoms with E-state index in [9.17, 15) is 9.59 Å². The van der Waals surface area contributed by atoms with E-state index in [1.165, 1.54) is 6.33 Å². The number of nitrogens with zero attached hydrogens (tertiary/aromatic N) is 4. The fraction of sp³-hybridized carbons (Fsp3) is 0.600. The van der Waals surface area contributed by atoms with Crippen molar-refractivity contribution in [2.45, 2.75) is 20.3 Å². The number of carbonyl (C=O) groups is 2. The largest absolute Gasteiger partial charge is 0.450 e. The molecule has 1 fully saturated rings. The zero-order valence-corrected chi connectivity index (χ0v) is 13.6. The molecule has 1 saturated heterocycles. The second-order valence-corrected chi connectivity index (χ2v) is 5.19. The van der Waals surface area contributed by atoms with Crippen LogP contribution in [0.3, 0.4) is 0 Å². The van der Waals surface area contributed by atoms with Crippen molar-refractivity contribution in [3.8, 4) is 0 Å². The molecule has 8 nitrogen and oxygen atoms in total. The van der Waals surface area contributed by atoms with Gasteiger partial charge in [-0.15, -0.1) is 0 Å². The first-order valence-electron chi connectivity index (χ1n) is 7.92. The van der Waals surface area contributed by atoms with Crippen LogP contribution in [0.4, 0.5) is 10.6 Å². The van der Waals surface area contributed by atoms with E-state index in [0.29, 0.717) is 50.8 Å². The lowest BCUT2D eigenvalue weighted by Crippen LogP contribution is -2.49. The number of amides is 2. The summed E-state index contributed by atoms with van der Waals surface area (Å²) in [6.45, 7) is 7.21. The van der Waals surface area contributed by atoms with E-state index >= 15 is 0 Å². The number of carbonyl (C=O) groups excluding carboxylic acids is 2. The molecular formula is C15H23N5O3. The molecule has 1 aromatic heterocycles. The van der Waals surface area contributed by atoms with Gasteiger partial charge in [0, 0.05) is 38.8 Å². The van der Waals surface area contributed by atoms with Crippen LogP contribution in [0.1, 0.15) is 30.8 Å². The zero-order chi connectivity index (χ0) is 16.7. The Hall–Kier alpha value is -2.38. The Labute approximate surface area is 135 Å². The molecule has 0 atom stereocenters. The minimum atomic E-state index is -0.283. The van der Waals surface area contributed by atoms with Crippen molar-refractivity contribution in [3.05, 3.63) is 18.1 Å². The van der Waals surface area contributed by atoms with Gasteiger partial charge in [0.2, 0.25) is 0 Å². The van der Waals surface area contributed by atoms with E-state index in [4.69, 9.17) is 4.74 Å². The van der Waals surface area contributed by atoms with Gasteiger partial charge in [0.1, 0.15) is 17.8 Å². The van der Waals surface area contributed by atoms with Crippen LogP contribution in [-0.2, 0) is 4.74 Å². The monoisotopic (exact) mass is 321 g/mol. The lowest BCUT2D eigenvalue weighted by Gasteiger charge is -2.34. The Morgan fingerprint density at radius 2 is 1.96 bits per heavy atom. The molecule has 1 aromatic rings. The minimum Gasteiger partial charge on any atom is -0.450 e. The van der Waals surface area contributed by atoms with Crippen molar-refractivity contribution in [2.24, 2.45) is 0 Å². The summed E-state index contributed by atoms with van der Waals surface area (Å²) in [6, 6.07) is 1.69. The lowest BCUT2D eigenvalue weighted by atomic mass is 10.3. The molecule has 0 aliphatic carbocycles. The Bertz CT molecular complexity index is 544. The maximum Gasteiger partial charge on any atom is 0.409 e. The molecule has 23 heavy (non-hydrogen) atoms. The van der Waals surface area contributed by atoms with Gasteiger partial charge in [-0.05, 0) is 13.3 Å². The Morgan fingerprint density at radius 1 is 1.22 bits per heavy atom. The number of aromatic nitrogens is 2. The summed E-state index contributed by atoms with van der Waals surface area (Å²) in [5.74, 6) is 0.505. The van der Waals surface area contributed by atoms with Crippen LogP contribution in [0, 0.1) is 0 Å². The molecule has 2 rings (SSSR count). The van der Waals surface area contributed by atoms with Crippen LogP contribution in [0.5, 0.6) is 0 Å². The van der Waals surface area contributed by atoms with E-state index in [-0.39, 0.29) is 12.0 Å². The molecule has 1 aliphatic heterocycles. The summed E-state index contributed by atoms with van der Waals surface area (Å²) >= 11 is 0. The standard InChI is InChI=1S/C15H23N5O3/c1-3-5-16-14(21)12-10-13(18-11-17-12)19-6-8-20(9-7-19)15(22)23-4-2/h10-11H,3-9H2,1-2H3,(H,16,21). The van der Waals surface area contributed by atoms with Gasteiger partial charge in [-0.25, -0.2) is 14.8 Å². The van der Waals surface area contributed by atoms with Gasteiger partial charge in [-0.2, -0.15) is 0 Å². The Morgan fingerprint density at radius 3 is 2.61 bits per heavy atom. The van der Waals surface area contributed by atoms with Crippen molar-refractivity contribution >= 4 is 17.8 Å². The molecule has 0 bridgehead atoms. The van der Waals surface area contributed by atoms with Gasteiger partial charge in [0.15, 0.2) is 0 Å². The number of anilines is 1. The SMILES string of the molecule is CCCNC(=O)c1cc(N2CCN(C(=O)OCC)CC2)ncn1. The van der Waals surface area contributed by atoms with Crippen LogP contribution < -0.4 is 10.2 Å². The summed E-state index contributed by atoms with van der Waals surface area (Å²) in [7, 11) is 0. The molecular weight excluding hydrogens is 298 g/mol. The fourth-order valence-corrected chi connectivity index (χ4v) is 2.31.